The molecule has 138 valence electrons. The van der Waals surface area contributed by atoms with Gasteiger partial charge in [-0.25, -0.2) is 9.78 Å². The standard InChI is InChI=1S/C20H20N4O3/c1-26-19-7-4-14-11-15(5-6-18(14)23-19)22-20(25)24-10-8-17(13-24)27-16-3-2-9-21-12-16/h2-7,9,11-12,17H,8,10,13H2,1H3,(H,22,25). The van der Waals surface area contributed by atoms with Gasteiger partial charge in [-0.2, -0.15) is 0 Å². The maximum atomic E-state index is 12.6. The number of methoxy groups -OCH3 is 1. The van der Waals surface area contributed by atoms with Crippen molar-refractivity contribution < 1.29 is 14.3 Å². The molecule has 7 heteroatoms. The highest BCUT2D eigenvalue weighted by molar-refractivity contribution is 5.92. The van der Waals surface area contributed by atoms with Gasteiger partial charge >= 0.3 is 6.03 Å². The van der Waals surface area contributed by atoms with Crippen molar-refractivity contribution in [2.24, 2.45) is 0 Å². The zero-order valence-corrected chi connectivity index (χ0v) is 15.0. The minimum absolute atomic E-state index is 0.0202. The molecule has 1 N–H and O–H groups in total. The zero-order chi connectivity index (χ0) is 18.6. The predicted molar refractivity (Wildman–Crippen MR) is 102 cm³/mol. The lowest BCUT2D eigenvalue weighted by Crippen LogP contribution is -2.34. The normalized spacial score (nSPS) is 16.3. The van der Waals surface area contributed by atoms with Gasteiger partial charge in [-0.1, -0.05) is 0 Å². The number of ether oxygens (including phenoxy) is 2. The number of aromatic nitrogens is 2. The van der Waals surface area contributed by atoms with E-state index in [2.05, 4.69) is 15.3 Å². The SMILES string of the molecule is COc1ccc2cc(NC(=O)N3CCC(Oc4cccnc4)C3)ccc2n1. The fourth-order valence-corrected chi connectivity index (χ4v) is 3.12. The first-order chi connectivity index (χ1) is 13.2. The smallest absolute Gasteiger partial charge is 0.321 e. The molecule has 1 atom stereocenters. The Bertz CT molecular complexity index is 948. The van der Waals surface area contributed by atoms with Gasteiger partial charge in [-0.15, -0.1) is 0 Å². The maximum Gasteiger partial charge on any atom is 0.321 e. The van der Waals surface area contributed by atoms with E-state index in [1.807, 2.05) is 36.4 Å². The Morgan fingerprint density at radius 3 is 3.00 bits per heavy atom. The molecule has 1 saturated heterocycles. The molecule has 1 aliphatic heterocycles. The van der Waals surface area contributed by atoms with Crippen molar-refractivity contribution in [3.8, 4) is 11.6 Å². The summed E-state index contributed by atoms with van der Waals surface area (Å²) in [5, 5.41) is 3.89. The van der Waals surface area contributed by atoms with Crippen LogP contribution in [0.4, 0.5) is 10.5 Å². The summed E-state index contributed by atoms with van der Waals surface area (Å²) in [7, 11) is 1.59. The van der Waals surface area contributed by atoms with E-state index in [0.717, 1.165) is 28.8 Å². The summed E-state index contributed by atoms with van der Waals surface area (Å²) in [6, 6.07) is 12.9. The number of nitrogens with one attached hydrogen (secondary N) is 1. The minimum Gasteiger partial charge on any atom is -0.487 e. The fourth-order valence-electron chi connectivity index (χ4n) is 3.12. The second kappa shape index (κ2) is 7.49. The summed E-state index contributed by atoms with van der Waals surface area (Å²) in [6.45, 7) is 1.20. The molecule has 2 aromatic heterocycles. The average molecular weight is 364 g/mol. The molecule has 2 amide bonds. The van der Waals surface area contributed by atoms with Crippen LogP contribution in [-0.2, 0) is 0 Å². The summed E-state index contributed by atoms with van der Waals surface area (Å²) in [5.74, 6) is 1.29. The number of amides is 2. The Morgan fingerprint density at radius 1 is 1.26 bits per heavy atom. The van der Waals surface area contributed by atoms with Crippen molar-refractivity contribution in [1.82, 2.24) is 14.9 Å². The topological polar surface area (TPSA) is 76.6 Å². The van der Waals surface area contributed by atoms with Crippen LogP contribution in [-0.4, -0.2) is 47.2 Å². The van der Waals surface area contributed by atoms with Crippen LogP contribution in [0, 0.1) is 0 Å². The van der Waals surface area contributed by atoms with Gasteiger partial charge in [0.15, 0.2) is 0 Å². The number of hydrogen-bond donors (Lipinski definition) is 1. The van der Waals surface area contributed by atoms with Gasteiger partial charge in [-0.05, 0) is 36.4 Å². The molecule has 1 aromatic carbocycles. The zero-order valence-electron chi connectivity index (χ0n) is 15.0. The van der Waals surface area contributed by atoms with Crippen LogP contribution in [0.1, 0.15) is 6.42 Å². The number of rotatable bonds is 4. The summed E-state index contributed by atoms with van der Waals surface area (Å²) in [5.41, 5.74) is 1.55. The summed E-state index contributed by atoms with van der Waals surface area (Å²) < 4.78 is 11.0. The van der Waals surface area contributed by atoms with Crippen LogP contribution in [0.25, 0.3) is 10.9 Å². The van der Waals surface area contributed by atoms with Gasteiger partial charge in [-0.3, -0.25) is 4.98 Å². The molecule has 1 fully saturated rings. The number of hydrogen-bond acceptors (Lipinski definition) is 5. The number of anilines is 1. The Hall–Kier alpha value is -3.35. The number of nitrogens with zero attached hydrogens (tertiary/aromatic N) is 3. The van der Waals surface area contributed by atoms with Crippen LogP contribution in [0.5, 0.6) is 11.6 Å². The van der Waals surface area contributed by atoms with Gasteiger partial charge in [0.1, 0.15) is 11.9 Å². The van der Waals surface area contributed by atoms with E-state index < -0.39 is 0 Å². The van der Waals surface area contributed by atoms with E-state index in [0.29, 0.717) is 19.0 Å². The second-order valence-electron chi connectivity index (χ2n) is 6.35. The Morgan fingerprint density at radius 2 is 2.19 bits per heavy atom. The number of benzene rings is 1. The number of likely N-dealkylation sites (tertiary alicyclic amines) is 1. The maximum absolute atomic E-state index is 12.6. The van der Waals surface area contributed by atoms with Crippen LogP contribution in [0.3, 0.4) is 0 Å². The second-order valence-corrected chi connectivity index (χ2v) is 6.35. The average Bonchev–Trinajstić information content (AvgIpc) is 3.17. The van der Waals surface area contributed by atoms with Gasteiger partial charge in [0.05, 0.1) is 25.4 Å². The molecular weight excluding hydrogens is 344 g/mol. The van der Waals surface area contributed by atoms with E-state index in [1.165, 1.54) is 0 Å². The van der Waals surface area contributed by atoms with Crippen molar-refractivity contribution in [2.75, 3.05) is 25.5 Å². The van der Waals surface area contributed by atoms with Crippen LogP contribution in [0.2, 0.25) is 0 Å². The first-order valence-corrected chi connectivity index (χ1v) is 8.79. The van der Waals surface area contributed by atoms with Crippen molar-refractivity contribution in [3.05, 3.63) is 54.9 Å². The third-order valence-corrected chi connectivity index (χ3v) is 4.49. The van der Waals surface area contributed by atoms with Gasteiger partial charge in [0.2, 0.25) is 5.88 Å². The highest BCUT2D eigenvalue weighted by Crippen LogP contribution is 2.22. The lowest BCUT2D eigenvalue weighted by Gasteiger charge is -2.18. The van der Waals surface area contributed by atoms with E-state index in [9.17, 15) is 4.79 Å². The Balaban J connectivity index is 1.38. The molecular formula is C20H20N4O3. The number of carbonyl (C=O) groups excluding carboxylic acids is 1. The highest BCUT2D eigenvalue weighted by atomic mass is 16.5. The number of pyridine rings is 2. The van der Waals surface area contributed by atoms with Crippen molar-refractivity contribution >= 4 is 22.6 Å². The fraction of sp³-hybridized carbons (Fsp3) is 0.250. The van der Waals surface area contributed by atoms with E-state index in [1.54, 1.807) is 30.5 Å². The van der Waals surface area contributed by atoms with Gasteiger partial charge < -0.3 is 19.7 Å². The van der Waals surface area contributed by atoms with Gasteiger partial charge in [0.25, 0.3) is 0 Å². The molecule has 0 bridgehead atoms. The molecule has 7 nitrogen and oxygen atoms in total. The lowest BCUT2D eigenvalue weighted by molar-refractivity contribution is 0.194. The third-order valence-electron chi connectivity index (χ3n) is 4.49. The third kappa shape index (κ3) is 3.92. The molecule has 27 heavy (non-hydrogen) atoms. The molecule has 3 aromatic rings. The van der Waals surface area contributed by atoms with Gasteiger partial charge in [0, 0.05) is 36.3 Å². The quantitative estimate of drug-likeness (QED) is 0.768. The lowest BCUT2D eigenvalue weighted by atomic mass is 10.2. The van der Waals surface area contributed by atoms with E-state index in [4.69, 9.17) is 9.47 Å². The van der Waals surface area contributed by atoms with Crippen molar-refractivity contribution in [2.45, 2.75) is 12.5 Å². The molecule has 3 heterocycles. The van der Waals surface area contributed by atoms with Crippen LogP contribution < -0.4 is 14.8 Å². The predicted octanol–water partition coefficient (Wildman–Crippen LogP) is 3.32. The summed E-state index contributed by atoms with van der Waals surface area (Å²) >= 11 is 0. The number of carbonyl (C=O) groups is 1. The van der Waals surface area contributed by atoms with E-state index >= 15 is 0 Å². The van der Waals surface area contributed by atoms with Crippen molar-refractivity contribution in [1.29, 1.82) is 0 Å². The molecule has 0 saturated carbocycles. The molecule has 0 spiro atoms. The van der Waals surface area contributed by atoms with Crippen molar-refractivity contribution in [3.63, 3.8) is 0 Å². The highest BCUT2D eigenvalue weighted by Gasteiger charge is 2.27. The Labute approximate surface area is 156 Å². The number of fused-ring (bicyclic) bond motifs is 1. The first-order valence-electron chi connectivity index (χ1n) is 8.79. The first kappa shape index (κ1) is 17.1. The largest absolute Gasteiger partial charge is 0.487 e. The number of urea groups is 1. The molecule has 0 radical (unpaired) electrons. The summed E-state index contributed by atoms with van der Waals surface area (Å²) in [4.78, 5) is 22.7. The van der Waals surface area contributed by atoms with Crippen LogP contribution in [0.15, 0.2) is 54.9 Å². The molecule has 0 aliphatic carbocycles. The van der Waals surface area contributed by atoms with E-state index in [-0.39, 0.29) is 12.1 Å². The minimum atomic E-state index is -0.131. The Kier molecular flexibility index (Phi) is 4.74. The monoisotopic (exact) mass is 364 g/mol. The molecule has 1 unspecified atom stereocenters. The molecule has 1 aliphatic rings. The summed E-state index contributed by atoms with van der Waals surface area (Å²) in [6.07, 6.45) is 4.16. The van der Waals surface area contributed by atoms with Crippen LogP contribution >= 0.6 is 0 Å². The molecule has 4 rings (SSSR count).